The lowest BCUT2D eigenvalue weighted by atomic mass is 10.2. The Bertz CT molecular complexity index is 575. The molecule has 0 aliphatic carbocycles. The Hall–Kier alpha value is -1.40. The van der Waals surface area contributed by atoms with Gasteiger partial charge in [0.2, 0.25) is 5.91 Å². The fourth-order valence-corrected chi connectivity index (χ4v) is 3.90. The van der Waals surface area contributed by atoms with Crippen molar-refractivity contribution in [3.8, 4) is 0 Å². The first-order valence-corrected chi connectivity index (χ1v) is 8.85. The number of carbonyl (C=O) groups is 1. The summed E-state index contributed by atoms with van der Waals surface area (Å²) in [5, 5.41) is 0. The van der Waals surface area contributed by atoms with Crippen molar-refractivity contribution < 1.29 is 17.9 Å². The molecule has 1 aromatic rings. The Balaban J connectivity index is 1.98. The predicted molar refractivity (Wildman–Crippen MR) is 80.5 cm³/mol. The molecule has 0 N–H and O–H groups in total. The molecule has 21 heavy (non-hydrogen) atoms. The van der Waals surface area contributed by atoms with Gasteiger partial charge < -0.3 is 9.64 Å². The number of morpholine rings is 1. The number of nitrogens with zero attached hydrogens (tertiary/aromatic N) is 1. The number of amides is 1. The molecule has 1 saturated heterocycles. The van der Waals surface area contributed by atoms with Gasteiger partial charge in [0.05, 0.1) is 18.0 Å². The third kappa shape index (κ3) is 4.82. The summed E-state index contributed by atoms with van der Waals surface area (Å²) in [4.78, 5) is 13.8. The Kier molecular flexibility index (Phi) is 5.00. The highest BCUT2D eigenvalue weighted by atomic mass is 32.2. The zero-order valence-electron chi connectivity index (χ0n) is 12.4. The highest BCUT2D eigenvalue weighted by Gasteiger charge is 2.28. The van der Waals surface area contributed by atoms with Gasteiger partial charge >= 0.3 is 0 Å². The van der Waals surface area contributed by atoms with Crippen LogP contribution in [-0.2, 0) is 25.1 Å². The van der Waals surface area contributed by atoms with Gasteiger partial charge in [-0.05, 0) is 19.4 Å². The van der Waals surface area contributed by atoms with Crippen molar-refractivity contribution in [2.24, 2.45) is 0 Å². The standard InChI is InChI=1S/C15H21NO4S/c1-12-8-16(9-13(2)20-12)15(17)11-21(18,19)10-14-6-4-3-5-7-14/h3-7,12-13H,8-11H2,1-2H3/t12-,13-/m0/s1. The van der Waals surface area contributed by atoms with Crippen LogP contribution in [0.2, 0.25) is 0 Å². The number of benzene rings is 1. The molecule has 6 heteroatoms. The summed E-state index contributed by atoms with van der Waals surface area (Å²) in [6.45, 7) is 4.66. The van der Waals surface area contributed by atoms with Crippen LogP contribution < -0.4 is 0 Å². The van der Waals surface area contributed by atoms with Gasteiger partial charge in [0.15, 0.2) is 9.84 Å². The molecule has 0 unspecified atom stereocenters. The maximum atomic E-state index is 12.2. The quantitative estimate of drug-likeness (QED) is 0.839. The van der Waals surface area contributed by atoms with E-state index in [9.17, 15) is 13.2 Å². The fourth-order valence-electron chi connectivity index (χ4n) is 2.54. The summed E-state index contributed by atoms with van der Waals surface area (Å²) in [7, 11) is -3.45. The van der Waals surface area contributed by atoms with E-state index in [0.29, 0.717) is 18.7 Å². The molecule has 2 atom stereocenters. The van der Waals surface area contributed by atoms with Crippen molar-refractivity contribution in [3.05, 3.63) is 35.9 Å². The van der Waals surface area contributed by atoms with Gasteiger partial charge in [-0.25, -0.2) is 8.42 Å². The summed E-state index contributed by atoms with van der Waals surface area (Å²) in [5.41, 5.74) is 0.703. The van der Waals surface area contributed by atoms with E-state index in [1.807, 2.05) is 19.9 Å². The molecule has 1 aromatic carbocycles. The normalized spacial score (nSPS) is 23.0. The summed E-state index contributed by atoms with van der Waals surface area (Å²) in [6, 6.07) is 8.91. The summed E-state index contributed by atoms with van der Waals surface area (Å²) in [6.07, 6.45) is -0.121. The van der Waals surface area contributed by atoms with E-state index in [-0.39, 0.29) is 23.9 Å². The van der Waals surface area contributed by atoms with Crippen LogP contribution in [-0.4, -0.2) is 50.3 Å². The third-order valence-electron chi connectivity index (χ3n) is 3.35. The topological polar surface area (TPSA) is 63.7 Å². The molecular weight excluding hydrogens is 290 g/mol. The minimum absolute atomic E-state index is 0.0606. The molecular formula is C15H21NO4S. The average Bonchev–Trinajstić information content (AvgIpc) is 2.37. The van der Waals surface area contributed by atoms with Crippen LogP contribution in [0.15, 0.2) is 30.3 Å². The first kappa shape index (κ1) is 16.0. The molecule has 0 bridgehead atoms. The Morgan fingerprint density at radius 1 is 1.19 bits per heavy atom. The molecule has 2 rings (SSSR count). The van der Waals surface area contributed by atoms with Gasteiger partial charge in [-0.1, -0.05) is 30.3 Å². The largest absolute Gasteiger partial charge is 0.372 e. The van der Waals surface area contributed by atoms with Gasteiger partial charge in [0.25, 0.3) is 0 Å². The van der Waals surface area contributed by atoms with Crippen LogP contribution in [0.5, 0.6) is 0 Å². The van der Waals surface area contributed by atoms with Crippen LogP contribution in [0, 0.1) is 0 Å². The van der Waals surface area contributed by atoms with Crippen molar-refractivity contribution >= 4 is 15.7 Å². The molecule has 1 aliphatic heterocycles. The summed E-state index contributed by atoms with van der Waals surface area (Å²) in [5.74, 6) is -0.885. The van der Waals surface area contributed by atoms with E-state index < -0.39 is 15.6 Å². The number of ether oxygens (including phenoxy) is 1. The smallest absolute Gasteiger partial charge is 0.237 e. The maximum absolute atomic E-state index is 12.2. The lowest BCUT2D eigenvalue weighted by Crippen LogP contribution is -2.49. The number of hydrogen-bond acceptors (Lipinski definition) is 4. The maximum Gasteiger partial charge on any atom is 0.237 e. The lowest BCUT2D eigenvalue weighted by molar-refractivity contribution is -0.140. The van der Waals surface area contributed by atoms with E-state index in [2.05, 4.69) is 0 Å². The Morgan fingerprint density at radius 3 is 2.33 bits per heavy atom. The van der Waals surface area contributed by atoms with Crippen LogP contribution in [0.25, 0.3) is 0 Å². The molecule has 1 aliphatic rings. The third-order valence-corrected chi connectivity index (χ3v) is 4.81. The number of rotatable bonds is 4. The van der Waals surface area contributed by atoms with Gasteiger partial charge in [-0.3, -0.25) is 4.79 Å². The first-order valence-electron chi connectivity index (χ1n) is 7.03. The van der Waals surface area contributed by atoms with E-state index in [1.165, 1.54) is 0 Å². The second-order valence-electron chi connectivity index (χ2n) is 5.57. The highest BCUT2D eigenvalue weighted by molar-refractivity contribution is 7.91. The molecule has 1 amide bonds. The van der Waals surface area contributed by atoms with Crippen molar-refractivity contribution in [1.29, 1.82) is 0 Å². The van der Waals surface area contributed by atoms with Crippen LogP contribution in [0.3, 0.4) is 0 Å². The van der Waals surface area contributed by atoms with E-state index in [1.54, 1.807) is 29.2 Å². The van der Waals surface area contributed by atoms with E-state index in [4.69, 9.17) is 4.74 Å². The molecule has 1 fully saturated rings. The molecule has 5 nitrogen and oxygen atoms in total. The van der Waals surface area contributed by atoms with Crippen molar-refractivity contribution in [2.45, 2.75) is 31.8 Å². The van der Waals surface area contributed by atoms with Crippen molar-refractivity contribution in [1.82, 2.24) is 4.90 Å². The number of hydrogen-bond donors (Lipinski definition) is 0. The molecule has 1 heterocycles. The number of sulfone groups is 1. The molecule has 0 aromatic heterocycles. The second-order valence-corrected chi connectivity index (χ2v) is 7.64. The lowest BCUT2D eigenvalue weighted by Gasteiger charge is -2.35. The van der Waals surface area contributed by atoms with Crippen LogP contribution in [0.1, 0.15) is 19.4 Å². The molecule has 116 valence electrons. The zero-order valence-corrected chi connectivity index (χ0v) is 13.2. The van der Waals surface area contributed by atoms with Crippen molar-refractivity contribution in [2.75, 3.05) is 18.8 Å². The fraction of sp³-hybridized carbons (Fsp3) is 0.533. The SMILES string of the molecule is C[C@H]1CN(C(=O)CS(=O)(=O)Cc2ccccc2)C[C@H](C)O1. The van der Waals surface area contributed by atoms with Crippen LogP contribution >= 0.6 is 0 Å². The van der Waals surface area contributed by atoms with E-state index in [0.717, 1.165) is 0 Å². The highest BCUT2D eigenvalue weighted by Crippen LogP contribution is 2.13. The first-order chi connectivity index (χ1) is 9.85. The minimum atomic E-state index is -3.45. The number of carbonyl (C=O) groups excluding carboxylic acids is 1. The van der Waals surface area contributed by atoms with Gasteiger partial charge in [0.1, 0.15) is 5.75 Å². The molecule has 0 spiro atoms. The molecule has 0 radical (unpaired) electrons. The Morgan fingerprint density at radius 2 is 1.76 bits per heavy atom. The predicted octanol–water partition coefficient (Wildman–Crippen LogP) is 1.24. The molecule has 0 saturated carbocycles. The zero-order chi connectivity index (χ0) is 15.5. The van der Waals surface area contributed by atoms with Gasteiger partial charge in [-0.2, -0.15) is 0 Å². The monoisotopic (exact) mass is 311 g/mol. The van der Waals surface area contributed by atoms with Crippen LogP contribution in [0.4, 0.5) is 0 Å². The van der Waals surface area contributed by atoms with Gasteiger partial charge in [0, 0.05) is 13.1 Å². The van der Waals surface area contributed by atoms with Crippen molar-refractivity contribution in [3.63, 3.8) is 0 Å². The minimum Gasteiger partial charge on any atom is -0.372 e. The second kappa shape index (κ2) is 6.58. The summed E-state index contributed by atoms with van der Waals surface area (Å²) < 4.78 is 29.8. The van der Waals surface area contributed by atoms with E-state index >= 15 is 0 Å². The Labute approximate surface area is 125 Å². The summed E-state index contributed by atoms with van der Waals surface area (Å²) >= 11 is 0. The van der Waals surface area contributed by atoms with Gasteiger partial charge in [-0.15, -0.1) is 0 Å². The average molecular weight is 311 g/mol.